The van der Waals surface area contributed by atoms with Crippen LogP contribution in [0, 0.1) is 11.7 Å². The number of aromatic nitrogens is 3. The maximum Gasteiger partial charge on any atom is 0.333 e. The predicted octanol–water partition coefficient (Wildman–Crippen LogP) is 4.46. The van der Waals surface area contributed by atoms with E-state index in [0.717, 1.165) is 12.3 Å². The number of alkyl halides is 2. The minimum atomic E-state index is -2.88. The lowest BCUT2D eigenvalue weighted by Gasteiger charge is -2.30. The Morgan fingerprint density at radius 2 is 2.05 bits per heavy atom. The van der Waals surface area contributed by atoms with E-state index in [1.807, 2.05) is 0 Å². The van der Waals surface area contributed by atoms with Crippen molar-refractivity contribution < 1.29 is 37.3 Å². The van der Waals surface area contributed by atoms with Crippen molar-refractivity contribution in [2.24, 2.45) is 11.7 Å². The maximum atomic E-state index is 13.9. The molecule has 1 aliphatic heterocycles. The molecule has 0 spiro atoms. The van der Waals surface area contributed by atoms with Gasteiger partial charge in [-0.25, -0.2) is 14.1 Å². The Morgan fingerprint density at radius 3 is 2.68 bits per heavy atom. The van der Waals surface area contributed by atoms with Gasteiger partial charge in [-0.3, -0.25) is 9.59 Å². The van der Waals surface area contributed by atoms with Gasteiger partial charge in [0.1, 0.15) is 46.1 Å². The summed E-state index contributed by atoms with van der Waals surface area (Å²) in [5.74, 6) is -1.78. The fourth-order valence-electron chi connectivity index (χ4n) is 5.50. The molecule has 1 aliphatic carbocycles. The fourth-order valence-corrected chi connectivity index (χ4v) is 5.76. The summed E-state index contributed by atoms with van der Waals surface area (Å²) in [7, 11) is 1.33. The van der Waals surface area contributed by atoms with Gasteiger partial charge in [-0.05, 0) is 62.1 Å². The minimum absolute atomic E-state index is 0.0379. The molecular weight excluding hydrogens is 603 g/mol. The van der Waals surface area contributed by atoms with Gasteiger partial charge in [0, 0.05) is 28.3 Å². The number of carbonyl (C=O) groups is 2. The topological polar surface area (TPSA) is 142 Å². The zero-order chi connectivity index (χ0) is 31.6. The third kappa shape index (κ3) is 4.89. The third-order valence-corrected chi connectivity index (χ3v) is 8.60. The van der Waals surface area contributed by atoms with E-state index in [9.17, 15) is 27.9 Å². The van der Waals surface area contributed by atoms with Crippen molar-refractivity contribution in [2.45, 2.75) is 37.3 Å². The number of nitrogens with one attached hydrogen (secondary N) is 1. The summed E-state index contributed by atoms with van der Waals surface area (Å²) in [6.07, 6.45) is 2.37. The van der Waals surface area contributed by atoms with Gasteiger partial charge in [0.2, 0.25) is 5.91 Å². The molecule has 230 valence electrons. The Morgan fingerprint density at radius 1 is 1.30 bits per heavy atom. The van der Waals surface area contributed by atoms with Crippen LogP contribution < -0.4 is 20.5 Å². The smallest absolute Gasteiger partial charge is 0.333 e. The number of carbonyl (C=O) groups excluding carboxylic acids is 2. The molecule has 10 nitrogen and oxygen atoms in total. The summed E-state index contributed by atoms with van der Waals surface area (Å²) in [5.41, 5.74) is 4.06. The van der Waals surface area contributed by atoms with Crippen LogP contribution in [0.1, 0.15) is 47.9 Å². The molecule has 1 fully saturated rings. The first kappa shape index (κ1) is 29.7. The van der Waals surface area contributed by atoms with Crippen molar-refractivity contribution in [3.05, 3.63) is 70.3 Å². The molecule has 1 saturated carbocycles. The Kier molecular flexibility index (Phi) is 7.20. The predicted molar refractivity (Wildman–Crippen MR) is 153 cm³/mol. The van der Waals surface area contributed by atoms with E-state index >= 15 is 0 Å². The van der Waals surface area contributed by atoms with Gasteiger partial charge in [-0.2, -0.15) is 13.9 Å². The van der Waals surface area contributed by atoms with Gasteiger partial charge in [-0.1, -0.05) is 11.6 Å². The Bertz CT molecular complexity index is 1830. The van der Waals surface area contributed by atoms with Crippen LogP contribution in [0.15, 0.2) is 42.6 Å². The zero-order valence-electron chi connectivity index (χ0n) is 23.5. The molecule has 44 heavy (non-hydrogen) atoms. The second kappa shape index (κ2) is 10.7. The van der Waals surface area contributed by atoms with Gasteiger partial charge in [0.25, 0.3) is 5.91 Å². The summed E-state index contributed by atoms with van der Waals surface area (Å²) in [6, 6.07) is 8.05. The van der Waals surface area contributed by atoms with E-state index in [0.29, 0.717) is 28.7 Å². The van der Waals surface area contributed by atoms with Gasteiger partial charge < -0.3 is 25.6 Å². The summed E-state index contributed by atoms with van der Waals surface area (Å²) < 4.78 is 52.0. The second-order valence-corrected chi connectivity index (χ2v) is 11.6. The normalized spacial score (nSPS) is 19.0. The summed E-state index contributed by atoms with van der Waals surface area (Å²) in [5, 5.41) is 19.0. The summed E-state index contributed by atoms with van der Waals surface area (Å²) in [6.45, 7) is -1.64. The summed E-state index contributed by atoms with van der Waals surface area (Å²) in [4.78, 5) is 30.6. The average molecular weight is 630 g/mol. The van der Waals surface area contributed by atoms with Crippen LogP contribution >= 0.6 is 11.6 Å². The lowest BCUT2D eigenvalue weighted by atomic mass is 9.81. The molecule has 0 saturated heterocycles. The highest BCUT2D eigenvalue weighted by molar-refractivity contribution is 6.33. The molecule has 2 aliphatic rings. The van der Waals surface area contributed by atoms with E-state index in [-0.39, 0.29) is 63.4 Å². The molecule has 0 unspecified atom stereocenters. The van der Waals surface area contributed by atoms with Gasteiger partial charge in [0.05, 0.1) is 24.4 Å². The first-order valence-corrected chi connectivity index (χ1v) is 14.0. The van der Waals surface area contributed by atoms with Crippen LogP contribution in [-0.2, 0) is 15.8 Å². The molecule has 4 N–H and O–H groups in total. The van der Waals surface area contributed by atoms with Crippen LogP contribution in [0.25, 0.3) is 22.2 Å². The molecular formula is C30H27ClF3N5O5. The number of benzene rings is 2. The average Bonchev–Trinajstić information content (AvgIpc) is 3.67. The molecule has 4 aromatic rings. The number of halogens is 4. The van der Waals surface area contributed by atoms with E-state index in [1.165, 1.54) is 31.4 Å². The molecule has 2 aromatic carbocycles. The number of nitrogens with zero attached hydrogens (tertiary/aromatic N) is 3. The molecule has 6 rings (SSSR count). The Balaban J connectivity index is 1.39. The van der Waals surface area contributed by atoms with Crippen LogP contribution in [-0.4, -0.2) is 51.9 Å². The fraction of sp³-hybridized carbons (Fsp3) is 0.333. The molecule has 2 amide bonds. The number of pyridine rings is 1. The monoisotopic (exact) mass is 629 g/mol. The van der Waals surface area contributed by atoms with Crippen molar-refractivity contribution in [2.75, 3.05) is 20.3 Å². The van der Waals surface area contributed by atoms with Crippen molar-refractivity contribution in [1.82, 2.24) is 20.1 Å². The highest BCUT2D eigenvalue weighted by Crippen LogP contribution is 2.50. The van der Waals surface area contributed by atoms with Gasteiger partial charge in [-0.15, -0.1) is 0 Å². The van der Waals surface area contributed by atoms with Crippen LogP contribution in [0.5, 0.6) is 11.5 Å². The first-order chi connectivity index (χ1) is 20.9. The van der Waals surface area contributed by atoms with Crippen molar-refractivity contribution in [3.8, 4) is 22.8 Å². The van der Waals surface area contributed by atoms with E-state index in [2.05, 4.69) is 10.4 Å². The number of aliphatic hydroxyl groups is 1. The third-order valence-electron chi connectivity index (χ3n) is 8.29. The van der Waals surface area contributed by atoms with Crippen LogP contribution in [0.2, 0.25) is 5.02 Å². The van der Waals surface area contributed by atoms with Crippen molar-refractivity contribution in [3.63, 3.8) is 0 Å². The minimum Gasteiger partial charge on any atom is -0.494 e. The number of hydrogen-bond acceptors (Lipinski definition) is 7. The molecule has 0 radical (unpaired) electrons. The lowest BCUT2D eigenvalue weighted by molar-refractivity contribution is -0.123. The highest BCUT2D eigenvalue weighted by atomic mass is 35.5. The van der Waals surface area contributed by atoms with Gasteiger partial charge in [0.15, 0.2) is 0 Å². The first-order valence-electron chi connectivity index (χ1n) is 13.7. The molecule has 2 aromatic heterocycles. The van der Waals surface area contributed by atoms with E-state index in [4.69, 9.17) is 31.8 Å². The highest BCUT2D eigenvalue weighted by Gasteiger charge is 2.50. The maximum absolute atomic E-state index is 13.9. The number of amides is 2. The van der Waals surface area contributed by atoms with Gasteiger partial charge >= 0.3 is 6.55 Å². The Hall–Kier alpha value is -4.36. The number of nitrogens with two attached hydrogens (primary N) is 1. The molecule has 2 atom stereocenters. The second-order valence-electron chi connectivity index (χ2n) is 11.2. The van der Waals surface area contributed by atoms with Crippen molar-refractivity contribution >= 4 is 34.3 Å². The number of rotatable bonds is 9. The number of fused-ring (bicyclic) bond motifs is 2. The van der Waals surface area contributed by atoms with Crippen LogP contribution in [0.4, 0.5) is 13.2 Å². The molecule has 3 heterocycles. The van der Waals surface area contributed by atoms with E-state index < -0.39 is 35.2 Å². The van der Waals surface area contributed by atoms with E-state index in [1.54, 1.807) is 13.0 Å². The number of hydrogen-bond donors (Lipinski definition) is 3. The number of primary amides is 1. The molecule has 14 heteroatoms. The Labute approximate surface area is 253 Å². The molecule has 0 bridgehead atoms. The SMILES string of the molecule is COc1cc(C(=O)NC[C@](O)(c2cc3c(c(-c4ccc(F)cc4Cl)n2)OC[C@]3(C)C(N)=O)C2CC2)cc2cn(C(F)F)nc12. The van der Waals surface area contributed by atoms with Crippen molar-refractivity contribution in [1.29, 1.82) is 0 Å². The summed E-state index contributed by atoms with van der Waals surface area (Å²) >= 11 is 6.39. The standard InChI is InChI=1S/C30H27ClF3N5O5/c1-29(27(35)41)13-44-25-19(29)10-22(37-24(25)18-6-5-17(32)9-20(18)31)30(42,16-3-4-16)12-36-26(40)14-7-15-11-39(28(33)34)38-23(15)21(8-14)43-2/h5-11,16,28,42H,3-4,12-13H2,1-2H3,(H2,35,41)(H,36,40)/t29-,30+/m0/s1. The zero-order valence-corrected chi connectivity index (χ0v) is 24.3. The lowest BCUT2D eigenvalue weighted by Crippen LogP contribution is -2.44. The largest absolute Gasteiger partial charge is 0.494 e. The quantitative estimate of drug-likeness (QED) is 0.248. The van der Waals surface area contributed by atoms with Crippen LogP contribution in [0.3, 0.4) is 0 Å². The number of methoxy groups -OCH3 is 1. The number of ether oxygens (including phenoxy) is 2.